The summed E-state index contributed by atoms with van der Waals surface area (Å²) in [5, 5.41) is 8.69. The van der Waals surface area contributed by atoms with E-state index in [0.29, 0.717) is 24.4 Å². The maximum atomic E-state index is 12.7. The molecule has 0 fully saturated rings. The molecular weight excluding hydrogens is 390 g/mol. The van der Waals surface area contributed by atoms with Gasteiger partial charge < -0.3 is 4.90 Å². The number of halogens is 3. The van der Waals surface area contributed by atoms with Crippen LogP contribution in [0.4, 0.5) is 4.39 Å². The van der Waals surface area contributed by atoms with Gasteiger partial charge in [0.25, 0.3) is 0 Å². The van der Waals surface area contributed by atoms with Crippen LogP contribution < -0.4 is 0 Å². The number of carbonyl (C=O) groups excluding carboxylic acids is 1. The summed E-state index contributed by atoms with van der Waals surface area (Å²) in [4.78, 5) is 14.5. The first-order valence-electron chi connectivity index (χ1n) is 8.95. The van der Waals surface area contributed by atoms with Crippen LogP contribution in [-0.4, -0.2) is 45.1 Å². The lowest BCUT2D eigenvalue weighted by molar-refractivity contribution is -0.128. The monoisotopic (exact) mass is 410 g/mol. The zero-order valence-corrected chi connectivity index (χ0v) is 16.5. The molecule has 0 saturated carbocycles. The predicted octanol–water partition coefficient (Wildman–Crippen LogP) is 4.72. The van der Waals surface area contributed by atoms with Gasteiger partial charge in [0.2, 0.25) is 5.91 Å². The lowest BCUT2D eigenvalue weighted by Crippen LogP contribution is -2.40. The third-order valence-electron chi connectivity index (χ3n) is 4.76. The summed E-state index contributed by atoms with van der Waals surface area (Å²) in [6.07, 6.45) is 6.10. The van der Waals surface area contributed by atoms with E-state index >= 15 is 0 Å². The number of aromatic nitrogens is 3. The molecule has 0 spiro atoms. The van der Waals surface area contributed by atoms with Gasteiger partial charge in [0.15, 0.2) is 5.15 Å². The Morgan fingerprint density at radius 1 is 1.30 bits per heavy atom. The van der Waals surface area contributed by atoms with Crippen molar-refractivity contribution >= 4 is 34.7 Å². The number of amides is 1. The number of benzene rings is 1. The molecule has 8 heteroatoms. The normalized spacial score (nSPS) is 15.8. The quantitative estimate of drug-likeness (QED) is 0.620. The van der Waals surface area contributed by atoms with Crippen molar-refractivity contribution in [2.45, 2.75) is 38.6 Å². The van der Waals surface area contributed by atoms with Gasteiger partial charge in [0.05, 0.1) is 18.6 Å². The van der Waals surface area contributed by atoms with E-state index in [2.05, 4.69) is 10.3 Å². The number of alkyl halides is 1. The average molecular weight is 411 g/mol. The molecule has 0 bridgehead atoms. The van der Waals surface area contributed by atoms with Crippen LogP contribution in [0, 0.1) is 0 Å². The molecule has 27 heavy (non-hydrogen) atoms. The second-order valence-corrected chi connectivity index (χ2v) is 7.46. The highest BCUT2D eigenvalue weighted by Crippen LogP contribution is 2.31. The first-order valence-corrected chi connectivity index (χ1v) is 9.70. The van der Waals surface area contributed by atoms with Crippen molar-refractivity contribution in [3.8, 4) is 5.69 Å². The highest BCUT2D eigenvalue weighted by atomic mass is 35.5. The van der Waals surface area contributed by atoms with Crippen molar-refractivity contribution in [2.75, 3.05) is 13.2 Å². The number of nitrogens with zero attached hydrogens (tertiary/aromatic N) is 4. The van der Waals surface area contributed by atoms with Gasteiger partial charge in [-0.2, -0.15) is 0 Å². The van der Waals surface area contributed by atoms with E-state index < -0.39 is 0 Å². The van der Waals surface area contributed by atoms with Crippen molar-refractivity contribution in [1.29, 1.82) is 0 Å². The highest BCUT2D eigenvalue weighted by molar-refractivity contribution is 6.31. The Hall–Kier alpha value is -1.92. The van der Waals surface area contributed by atoms with E-state index in [-0.39, 0.29) is 23.8 Å². The van der Waals surface area contributed by atoms with E-state index in [1.807, 2.05) is 24.0 Å². The molecule has 5 nitrogen and oxygen atoms in total. The molecule has 0 radical (unpaired) electrons. The van der Waals surface area contributed by atoms with Gasteiger partial charge in [-0.05, 0) is 56.4 Å². The van der Waals surface area contributed by atoms with Crippen molar-refractivity contribution in [1.82, 2.24) is 19.9 Å². The molecule has 1 unspecified atom stereocenters. The van der Waals surface area contributed by atoms with Gasteiger partial charge in [0.1, 0.15) is 0 Å². The fraction of sp³-hybridized carbons (Fsp3) is 0.421. The molecule has 3 rings (SSSR count). The molecule has 0 N–H and O–H groups in total. The minimum Gasteiger partial charge on any atom is -0.336 e. The third-order valence-corrected chi connectivity index (χ3v) is 5.17. The van der Waals surface area contributed by atoms with Gasteiger partial charge in [-0.15, -0.1) is 5.10 Å². The van der Waals surface area contributed by atoms with Crippen molar-refractivity contribution < 1.29 is 9.18 Å². The molecule has 0 saturated heterocycles. The predicted molar refractivity (Wildman–Crippen MR) is 105 cm³/mol. The minimum absolute atomic E-state index is 0.0356. The molecule has 2 aromatic rings. The Labute approximate surface area is 167 Å². The fourth-order valence-corrected chi connectivity index (χ4v) is 3.62. The van der Waals surface area contributed by atoms with Crippen molar-refractivity contribution in [2.24, 2.45) is 0 Å². The van der Waals surface area contributed by atoms with Crippen molar-refractivity contribution in [3.63, 3.8) is 0 Å². The minimum atomic E-state index is -0.311. The van der Waals surface area contributed by atoms with Gasteiger partial charge in [-0.25, -0.2) is 4.68 Å². The summed E-state index contributed by atoms with van der Waals surface area (Å²) in [6, 6.07) is 5.52. The topological polar surface area (TPSA) is 51.0 Å². The summed E-state index contributed by atoms with van der Waals surface area (Å²) in [5.41, 5.74) is 2.50. The lowest BCUT2D eigenvalue weighted by Gasteiger charge is -2.32. The number of carbonyl (C=O) groups is 1. The smallest absolute Gasteiger partial charge is 0.247 e. The van der Waals surface area contributed by atoms with Gasteiger partial charge in [-0.1, -0.05) is 28.4 Å². The van der Waals surface area contributed by atoms with Crippen molar-refractivity contribution in [3.05, 3.63) is 46.2 Å². The number of rotatable bonds is 7. The summed E-state index contributed by atoms with van der Waals surface area (Å²) < 4.78 is 13.9. The highest BCUT2D eigenvalue weighted by Gasteiger charge is 2.25. The molecule has 2 heterocycles. The van der Waals surface area contributed by atoms with Crippen LogP contribution in [0.1, 0.15) is 38.2 Å². The van der Waals surface area contributed by atoms with Crippen LogP contribution in [0.3, 0.4) is 0 Å². The van der Waals surface area contributed by atoms with Gasteiger partial charge >= 0.3 is 0 Å². The second kappa shape index (κ2) is 8.85. The second-order valence-electron chi connectivity index (χ2n) is 6.63. The molecule has 1 aromatic heterocycles. The standard InChI is InChI=1S/C19H21Cl2FN4O/c1-13(4-2-3-8-22)25-9-7-14(10-19(25)27)16-11-15(20)5-6-17(16)26-12-18(21)23-24-26/h5-6,10-13H,2-4,7-9H2,1H3. The SMILES string of the molecule is CC(CCCCF)N1CCC(c2cc(Cl)ccc2-n2cc(Cl)nn2)=CC1=O. The van der Waals surface area contributed by atoms with Crippen LogP contribution >= 0.6 is 23.2 Å². The molecule has 1 aromatic carbocycles. The largest absolute Gasteiger partial charge is 0.336 e. The van der Waals surface area contributed by atoms with Crippen LogP contribution in [0.25, 0.3) is 11.3 Å². The molecular formula is C19H21Cl2FN4O. The maximum absolute atomic E-state index is 12.7. The summed E-state index contributed by atoms with van der Waals surface area (Å²) in [5.74, 6) is -0.0356. The Kier molecular flexibility index (Phi) is 6.50. The lowest BCUT2D eigenvalue weighted by atomic mass is 9.96. The number of unbranched alkanes of at least 4 members (excludes halogenated alkanes) is 1. The zero-order valence-electron chi connectivity index (χ0n) is 15.0. The van der Waals surface area contributed by atoms with E-state index in [0.717, 1.165) is 29.7 Å². The van der Waals surface area contributed by atoms with Crippen LogP contribution in [0.2, 0.25) is 10.2 Å². The van der Waals surface area contributed by atoms with Gasteiger partial charge in [0, 0.05) is 29.2 Å². The summed E-state index contributed by atoms with van der Waals surface area (Å²) >= 11 is 12.1. The van der Waals surface area contributed by atoms with E-state index in [1.54, 1.807) is 23.0 Å². The molecule has 1 aliphatic heterocycles. The summed E-state index contributed by atoms with van der Waals surface area (Å²) in [6.45, 7) is 2.32. The fourth-order valence-electron chi connectivity index (χ4n) is 3.32. The molecule has 0 aliphatic carbocycles. The Bertz CT molecular complexity index is 852. The Morgan fingerprint density at radius 2 is 2.11 bits per heavy atom. The van der Waals surface area contributed by atoms with Crippen LogP contribution in [-0.2, 0) is 4.79 Å². The van der Waals surface area contributed by atoms with Crippen LogP contribution in [0.5, 0.6) is 0 Å². The average Bonchev–Trinajstić information content (AvgIpc) is 3.07. The number of hydrogen-bond acceptors (Lipinski definition) is 3. The maximum Gasteiger partial charge on any atom is 0.247 e. The molecule has 1 atom stereocenters. The Balaban J connectivity index is 1.84. The molecule has 1 aliphatic rings. The molecule has 144 valence electrons. The van der Waals surface area contributed by atoms with E-state index in [1.165, 1.54) is 0 Å². The Morgan fingerprint density at radius 3 is 2.78 bits per heavy atom. The first-order chi connectivity index (χ1) is 13.0. The summed E-state index contributed by atoms with van der Waals surface area (Å²) in [7, 11) is 0. The van der Waals surface area contributed by atoms with E-state index in [9.17, 15) is 9.18 Å². The van der Waals surface area contributed by atoms with Crippen LogP contribution in [0.15, 0.2) is 30.5 Å². The van der Waals surface area contributed by atoms with Gasteiger partial charge in [-0.3, -0.25) is 9.18 Å². The van der Waals surface area contributed by atoms with E-state index in [4.69, 9.17) is 23.2 Å². The first kappa shape index (κ1) is 19.8. The molecule has 1 amide bonds. The third kappa shape index (κ3) is 4.68. The number of hydrogen-bond donors (Lipinski definition) is 0. The zero-order chi connectivity index (χ0) is 19.4.